The highest BCUT2D eigenvalue weighted by molar-refractivity contribution is 5.99. The number of anilines is 1. The highest BCUT2D eigenvalue weighted by Crippen LogP contribution is 2.25. The number of aromatic nitrogens is 1. The van der Waals surface area contributed by atoms with Crippen molar-refractivity contribution in [3.63, 3.8) is 0 Å². The van der Waals surface area contributed by atoms with Gasteiger partial charge in [0.15, 0.2) is 0 Å². The van der Waals surface area contributed by atoms with Crippen molar-refractivity contribution >= 4 is 11.7 Å². The van der Waals surface area contributed by atoms with E-state index in [0.717, 1.165) is 18.9 Å². The van der Waals surface area contributed by atoms with Gasteiger partial charge in [0.05, 0.1) is 30.5 Å². The van der Waals surface area contributed by atoms with Crippen LogP contribution in [0.25, 0.3) is 0 Å². The molecule has 0 N–H and O–H groups in total. The zero-order valence-corrected chi connectivity index (χ0v) is 14.1. The van der Waals surface area contributed by atoms with E-state index in [9.17, 15) is 4.79 Å². The fourth-order valence-electron chi connectivity index (χ4n) is 3.37. The topological polar surface area (TPSA) is 54.9 Å². The molecule has 2 fully saturated rings. The maximum absolute atomic E-state index is 13.1. The predicted octanol–water partition coefficient (Wildman–Crippen LogP) is 1.56. The van der Waals surface area contributed by atoms with Crippen molar-refractivity contribution in [1.82, 2.24) is 9.88 Å². The lowest BCUT2D eigenvalue weighted by atomic mass is 10.0. The highest BCUT2D eigenvalue weighted by Gasteiger charge is 2.35. The van der Waals surface area contributed by atoms with E-state index in [1.165, 1.54) is 0 Å². The Balaban J connectivity index is 1.84. The molecule has 6 nitrogen and oxygen atoms in total. The van der Waals surface area contributed by atoms with E-state index >= 15 is 0 Å². The number of ether oxygens (including phenoxy) is 2. The first-order chi connectivity index (χ1) is 11.0. The molecule has 0 aliphatic carbocycles. The van der Waals surface area contributed by atoms with E-state index in [1.54, 1.807) is 6.20 Å². The number of morpholine rings is 2. The van der Waals surface area contributed by atoms with E-state index in [-0.39, 0.29) is 17.6 Å². The minimum absolute atomic E-state index is 0.0304. The summed E-state index contributed by atoms with van der Waals surface area (Å²) in [6.07, 6.45) is 1.78. The molecular formula is C17H25N3O3. The highest BCUT2D eigenvalue weighted by atomic mass is 16.5. The lowest BCUT2D eigenvalue weighted by molar-refractivity contribution is -0.118. The Labute approximate surface area is 137 Å². The number of pyridine rings is 1. The van der Waals surface area contributed by atoms with Gasteiger partial charge in [-0.2, -0.15) is 0 Å². The van der Waals surface area contributed by atoms with Gasteiger partial charge >= 0.3 is 0 Å². The third kappa shape index (κ3) is 3.64. The molecule has 1 unspecified atom stereocenters. The Kier molecular flexibility index (Phi) is 4.55. The van der Waals surface area contributed by atoms with E-state index < -0.39 is 0 Å². The molecule has 3 rings (SSSR count). The number of rotatable bonds is 2. The van der Waals surface area contributed by atoms with Crippen LogP contribution in [0.1, 0.15) is 31.1 Å². The van der Waals surface area contributed by atoms with Crippen molar-refractivity contribution in [3.8, 4) is 0 Å². The quantitative estimate of drug-likeness (QED) is 0.828. The predicted molar refractivity (Wildman–Crippen MR) is 87.8 cm³/mol. The summed E-state index contributed by atoms with van der Waals surface area (Å²) in [5.41, 5.74) is 0.341. The SMILES string of the molecule is CC1CN(C(=O)c2cccnc2N2CCOCC2)CC(C)(C)O1. The Morgan fingerprint density at radius 1 is 1.35 bits per heavy atom. The second-order valence-corrected chi connectivity index (χ2v) is 6.85. The smallest absolute Gasteiger partial charge is 0.257 e. The Hall–Kier alpha value is -1.66. The van der Waals surface area contributed by atoms with Crippen LogP contribution in [0.4, 0.5) is 5.82 Å². The standard InChI is InChI=1S/C17H25N3O3/c1-13-11-20(12-17(2,3)23-13)16(21)14-5-4-6-18-15(14)19-7-9-22-10-8-19/h4-6,13H,7-12H2,1-3H3. The van der Waals surface area contributed by atoms with Crippen molar-refractivity contribution in [3.05, 3.63) is 23.9 Å². The summed E-state index contributed by atoms with van der Waals surface area (Å²) >= 11 is 0. The Morgan fingerprint density at radius 3 is 2.78 bits per heavy atom. The normalized spacial score (nSPS) is 24.6. The monoisotopic (exact) mass is 319 g/mol. The third-order valence-electron chi connectivity index (χ3n) is 4.18. The van der Waals surface area contributed by atoms with Crippen LogP contribution in [-0.2, 0) is 9.47 Å². The number of hydrogen-bond donors (Lipinski definition) is 0. The lowest BCUT2D eigenvalue weighted by Gasteiger charge is -2.42. The fourth-order valence-corrected chi connectivity index (χ4v) is 3.37. The summed E-state index contributed by atoms with van der Waals surface area (Å²) in [5, 5.41) is 0. The van der Waals surface area contributed by atoms with Crippen molar-refractivity contribution in [2.45, 2.75) is 32.5 Å². The minimum Gasteiger partial charge on any atom is -0.378 e. The number of carbonyl (C=O) groups is 1. The maximum Gasteiger partial charge on any atom is 0.257 e. The largest absolute Gasteiger partial charge is 0.378 e. The minimum atomic E-state index is -0.325. The molecule has 2 aliphatic rings. The first kappa shape index (κ1) is 16.2. The third-order valence-corrected chi connectivity index (χ3v) is 4.18. The van der Waals surface area contributed by atoms with Gasteiger partial charge in [0.25, 0.3) is 5.91 Å². The number of nitrogens with zero attached hydrogens (tertiary/aromatic N) is 3. The van der Waals surface area contributed by atoms with Crippen LogP contribution in [0, 0.1) is 0 Å². The molecule has 23 heavy (non-hydrogen) atoms. The van der Waals surface area contributed by atoms with Gasteiger partial charge in [-0.15, -0.1) is 0 Å². The van der Waals surface area contributed by atoms with Crippen LogP contribution in [0.3, 0.4) is 0 Å². The Morgan fingerprint density at radius 2 is 2.09 bits per heavy atom. The lowest BCUT2D eigenvalue weighted by Crippen LogP contribution is -2.54. The summed E-state index contributed by atoms with van der Waals surface area (Å²) < 4.78 is 11.3. The molecular weight excluding hydrogens is 294 g/mol. The molecule has 1 aromatic heterocycles. The van der Waals surface area contributed by atoms with Crippen molar-refractivity contribution in [2.24, 2.45) is 0 Å². The summed E-state index contributed by atoms with van der Waals surface area (Å²) in [5.74, 6) is 0.792. The van der Waals surface area contributed by atoms with Crippen LogP contribution in [0.5, 0.6) is 0 Å². The molecule has 0 aromatic carbocycles. The number of hydrogen-bond acceptors (Lipinski definition) is 5. The van der Waals surface area contributed by atoms with Crippen LogP contribution < -0.4 is 4.90 Å². The molecule has 126 valence electrons. The van der Waals surface area contributed by atoms with Crippen LogP contribution in [-0.4, -0.2) is 66.9 Å². The van der Waals surface area contributed by atoms with E-state index in [0.29, 0.717) is 31.9 Å². The second-order valence-electron chi connectivity index (χ2n) is 6.85. The second kappa shape index (κ2) is 6.45. The summed E-state index contributed by atoms with van der Waals surface area (Å²) in [6.45, 7) is 10.1. The van der Waals surface area contributed by atoms with Crippen molar-refractivity contribution in [2.75, 3.05) is 44.3 Å². The van der Waals surface area contributed by atoms with Gasteiger partial charge in [0.2, 0.25) is 0 Å². The molecule has 1 aromatic rings. The molecule has 2 aliphatic heterocycles. The Bertz CT molecular complexity index is 570. The molecule has 6 heteroatoms. The summed E-state index contributed by atoms with van der Waals surface area (Å²) in [7, 11) is 0. The zero-order valence-electron chi connectivity index (χ0n) is 14.1. The zero-order chi connectivity index (χ0) is 16.4. The van der Waals surface area contributed by atoms with Gasteiger partial charge < -0.3 is 19.3 Å². The molecule has 0 saturated carbocycles. The van der Waals surface area contributed by atoms with Crippen molar-refractivity contribution < 1.29 is 14.3 Å². The molecule has 1 atom stereocenters. The van der Waals surface area contributed by atoms with E-state index in [4.69, 9.17) is 9.47 Å². The van der Waals surface area contributed by atoms with Gasteiger partial charge in [0.1, 0.15) is 5.82 Å². The summed E-state index contributed by atoms with van der Waals surface area (Å²) in [6, 6.07) is 3.69. The first-order valence-corrected chi connectivity index (χ1v) is 8.21. The van der Waals surface area contributed by atoms with Gasteiger partial charge in [-0.1, -0.05) is 0 Å². The molecule has 3 heterocycles. The number of carbonyl (C=O) groups excluding carboxylic acids is 1. The van der Waals surface area contributed by atoms with Gasteiger partial charge in [-0.05, 0) is 32.9 Å². The first-order valence-electron chi connectivity index (χ1n) is 8.21. The van der Waals surface area contributed by atoms with Gasteiger partial charge in [-0.3, -0.25) is 4.79 Å². The van der Waals surface area contributed by atoms with Gasteiger partial charge in [-0.25, -0.2) is 4.98 Å². The fraction of sp³-hybridized carbons (Fsp3) is 0.647. The van der Waals surface area contributed by atoms with Crippen LogP contribution >= 0.6 is 0 Å². The molecule has 1 amide bonds. The van der Waals surface area contributed by atoms with Crippen molar-refractivity contribution in [1.29, 1.82) is 0 Å². The molecule has 0 radical (unpaired) electrons. The van der Waals surface area contributed by atoms with Gasteiger partial charge in [0, 0.05) is 32.4 Å². The number of amides is 1. The van der Waals surface area contributed by atoms with E-state index in [2.05, 4.69) is 9.88 Å². The molecule has 0 spiro atoms. The van der Waals surface area contributed by atoms with Crippen LogP contribution in [0.2, 0.25) is 0 Å². The maximum atomic E-state index is 13.1. The molecule has 0 bridgehead atoms. The molecule has 2 saturated heterocycles. The van der Waals surface area contributed by atoms with E-state index in [1.807, 2.05) is 37.8 Å². The summed E-state index contributed by atoms with van der Waals surface area (Å²) in [4.78, 5) is 21.5. The average Bonchev–Trinajstić information content (AvgIpc) is 2.53. The van der Waals surface area contributed by atoms with Crippen LogP contribution in [0.15, 0.2) is 18.3 Å². The average molecular weight is 319 g/mol.